The van der Waals surface area contributed by atoms with Crippen molar-refractivity contribution in [3.05, 3.63) is 23.4 Å². The Balaban J connectivity index is 1.42. The van der Waals surface area contributed by atoms with Crippen molar-refractivity contribution in [2.45, 2.75) is 50.6 Å². The van der Waals surface area contributed by atoms with Gasteiger partial charge in [0.15, 0.2) is 0 Å². The van der Waals surface area contributed by atoms with Crippen LogP contribution in [0.15, 0.2) is 12.1 Å². The van der Waals surface area contributed by atoms with Crippen molar-refractivity contribution in [2.24, 2.45) is 0 Å². The van der Waals surface area contributed by atoms with Gasteiger partial charge in [0, 0.05) is 30.9 Å². The Morgan fingerprint density at radius 3 is 3.00 bits per heavy atom. The standard InChI is InChI=1S/C15H21N3/c1-2-11-4-7-15(17-14(11)3-1)16-12-8-9-18(10-12)13-5-6-13/h4,7,12-13H,1-3,5-6,8-10H2,(H,16,17). The van der Waals surface area contributed by atoms with Gasteiger partial charge in [0.05, 0.1) is 0 Å². The molecule has 18 heavy (non-hydrogen) atoms. The van der Waals surface area contributed by atoms with Gasteiger partial charge in [-0.25, -0.2) is 4.98 Å². The van der Waals surface area contributed by atoms with Crippen LogP contribution in [0.4, 0.5) is 5.82 Å². The van der Waals surface area contributed by atoms with Crippen LogP contribution < -0.4 is 5.32 Å². The van der Waals surface area contributed by atoms with E-state index in [2.05, 4.69) is 22.3 Å². The normalized spacial score (nSPS) is 27.4. The Bertz CT molecular complexity index is 453. The molecule has 0 spiro atoms. The van der Waals surface area contributed by atoms with Gasteiger partial charge in [0.25, 0.3) is 0 Å². The van der Waals surface area contributed by atoms with Gasteiger partial charge in [-0.3, -0.25) is 4.90 Å². The van der Waals surface area contributed by atoms with E-state index in [-0.39, 0.29) is 0 Å². The molecule has 4 rings (SSSR count). The molecule has 3 heteroatoms. The zero-order chi connectivity index (χ0) is 11.9. The van der Waals surface area contributed by atoms with Gasteiger partial charge in [-0.15, -0.1) is 0 Å². The third-order valence-electron chi connectivity index (χ3n) is 4.56. The topological polar surface area (TPSA) is 28.2 Å². The molecule has 2 heterocycles. The molecule has 1 aromatic rings. The van der Waals surface area contributed by atoms with Crippen molar-refractivity contribution in [3.8, 4) is 0 Å². The van der Waals surface area contributed by atoms with Crippen LogP contribution in [0.25, 0.3) is 0 Å². The van der Waals surface area contributed by atoms with Crippen LogP contribution in [-0.4, -0.2) is 35.1 Å². The Kier molecular flexibility index (Phi) is 2.54. The fourth-order valence-electron chi connectivity index (χ4n) is 3.39. The summed E-state index contributed by atoms with van der Waals surface area (Å²) in [4.78, 5) is 7.42. The first-order valence-corrected chi connectivity index (χ1v) is 7.38. The number of nitrogens with zero attached hydrogens (tertiary/aromatic N) is 2. The van der Waals surface area contributed by atoms with E-state index in [4.69, 9.17) is 4.98 Å². The molecule has 2 aliphatic carbocycles. The summed E-state index contributed by atoms with van der Waals surface area (Å²) >= 11 is 0. The summed E-state index contributed by atoms with van der Waals surface area (Å²) in [6.07, 6.45) is 7.79. The molecular weight excluding hydrogens is 222 g/mol. The lowest BCUT2D eigenvalue weighted by atomic mass is 10.2. The predicted molar refractivity (Wildman–Crippen MR) is 72.9 cm³/mol. The number of pyridine rings is 1. The average molecular weight is 243 g/mol. The second-order valence-corrected chi connectivity index (χ2v) is 6.01. The number of aryl methyl sites for hydroxylation is 2. The number of hydrogen-bond acceptors (Lipinski definition) is 3. The number of aromatic nitrogens is 1. The quantitative estimate of drug-likeness (QED) is 0.882. The highest BCUT2D eigenvalue weighted by Crippen LogP contribution is 2.30. The molecule has 1 saturated carbocycles. The molecule has 0 amide bonds. The SMILES string of the molecule is c1cc2c(nc1NC1CCN(C3CC3)C1)CCC2. The number of hydrogen-bond donors (Lipinski definition) is 1. The lowest BCUT2D eigenvalue weighted by Crippen LogP contribution is -2.28. The van der Waals surface area contributed by atoms with Crippen molar-refractivity contribution in [2.75, 3.05) is 18.4 Å². The number of rotatable bonds is 3. The third-order valence-corrected chi connectivity index (χ3v) is 4.56. The van der Waals surface area contributed by atoms with Crippen molar-refractivity contribution < 1.29 is 0 Å². The first-order chi connectivity index (χ1) is 8.88. The van der Waals surface area contributed by atoms with Crippen LogP contribution >= 0.6 is 0 Å². The van der Waals surface area contributed by atoms with Crippen molar-refractivity contribution >= 4 is 5.82 Å². The van der Waals surface area contributed by atoms with E-state index >= 15 is 0 Å². The molecule has 1 atom stereocenters. The van der Waals surface area contributed by atoms with E-state index < -0.39 is 0 Å². The van der Waals surface area contributed by atoms with Crippen LogP contribution in [0.2, 0.25) is 0 Å². The molecule has 1 saturated heterocycles. The highest BCUT2D eigenvalue weighted by atomic mass is 15.2. The Morgan fingerprint density at radius 1 is 1.17 bits per heavy atom. The summed E-state index contributed by atoms with van der Waals surface area (Å²) in [5.74, 6) is 1.10. The van der Waals surface area contributed by atoms with Gasteiger partial charge in [-0.2, -0.15) is 0 Å². The van der Waals surface area contributed by atoms with E-state index in [1.165, 1.54) is 62.9 Å². The summed E-state index contributed by atoms with van der Waals surface area (Å²) in [6, 6.07) is 5.96. The molecule has 1 aliphatic heterocycles. The molecule has 1 N–H and O–H groups in total. The van der Waals surface area contributed by atoms with Gasteiger partial charge in [-0.05, 0) is 50.2 Å². The molecule has 0 aromatic carbocycles. The maximum atomic E-state index is 4.77. The van der Waals surface area contributed by atoms with Crippen molar-refractivity contribution in [1.82, 2.24) is 9.88 Å². The molecule has 2 fully saturated rings. The highest BCUT2D eigenvalue weighted by molar-refractivity contribution is 5.41. The first-order valence-electron chi connectivity index (χ1n) is 7.38. The number of nitrogens with one attached hydrogen (secondary N) is 1. The van der Waals surface area contributed by atoms with Crippen molar-refractivity contribution in [1.29, 1.82) is 0 Å². The zero-order valence-electron chi connectivity index (χ0n) is 10.9. The van der Waals surface area contributed by atoms with Crippen LogP contribution in [0, 0.1) is 0 Å². The van der Waals surface area contributed by atoms with Gasteiger partial charge in [-0.1, -0.05) is 6.07 Å². The van der Waals surface area contributed by atoms with Gasteiger partial charge in [0.2, 0.25) is 0 Å². The van der Waals surface area contributed by atoms with E-state index in [9.17, 15) is 0 Å². The maximum absolute atomic E-state index is 4.77. The second kappa shape index (κ2) is 4.23. The van der Waals surface area contributed by atoms with E-state index in [1.807, 2.05) is 0 Å². The fourth-order valence-corrected chi connectivity index (χ4v) is 3.39. The molecule has 96 valence electrons. The van der Waals surface area contributed by atoms with E-state index in [0.717, 1.165) is 11.9 Å². The summed E-state index contributed by atoms with van der Waals surface area (Å²) in [5.41, 5.74) is 2.80. The lowest BCUT2D eigenvalue weighted by molar-refractivity contribution is 0.326. The smallest absolute Gasteiger partial charge is 0.126 e. The second-order valence-electron chi connectivity index (χ2n) is 6.01. The summed E-state index contributed by atoms with van der Waals surface area (Å²) in [5, 5.41) is 3.63. The minimum Gasteiger partial charge on any atom is -0.366 e. The molecule has 3 nitrogen and oxygen atoms in total. The van der Waals surface area contributed by atoms with Crippen LogP contribution in [0.5, 0.6) is 0 Å². The molecule has 1 aromatic heterocycles. The lowest BCUT2D eigenvalue weighted by Gasteiger charge is -2.16. The Morgan fingerprint density at radius 2 is 2.11 bits per heavy atom. The summed E-state index contributed by atoms with van der Waals surface area (Å²) in [6.45, 7) is 2.48. The van der Waals surface area contributed by atoms with Gasteiger partial charge in [0.1, 0.15) is 5.82 Å². The Hall–Kier alpha value is -1.09. The minimum absolute atomic E-state index is 0.609. The monoisotopic (exact) mass is 243 g/mol. The molecular formula is C15H21N3. The number of anilines is 1. The average Bonchev–Trinajstić information content (AvgIpc) is 2.95. The molecule has 0 radical (unpaired) electrons. The number of likely N-dealkylation sites (tertiary alicyclic amines) is 1. The van der Waals surface area contributed by atoms with Gasteiger partial charge < -0.3 is 5.32 Å². The van der Waals surface area contributed by atoms with Crippen LogP contribution in [0.3, 0.4) is 0 Å². The molecule has 3 aliphatic rings. The Labute approximate surface area is 109 Å². The zero-order valence-corrected chi connectivity index (χ0v) is 10.9. The third kappa shape index (κ3) is 2.01. The molecule has 0 bridgehead atoms. The number of fused-ring (bicyclic) bond motifs is 1. The van der Waals surface area contributed by atoms with E-state index in [0.29, 0.717) is 6.04 Å². The van der Waals surface area contributed by atoms with Crippen LogP contribution in [0.1, 0.15) is 36.9 Å². The maximum Gasteiger partial charge on any atom is 0.126 e. The minimum atomic E-state index is 0.609. The molecule has 1 unspecified atom stereocenters. The van der Waals surface area contributed by atoms with Crippen LogP contribution in [-0.2, 0) is 12.8 Å². The predicted octanol–water partition coefficient (Wildman–Crippen LogP) is 2.22. The summed E-state index contributed by atoms with van der Waals surface area (Å²) in [7, 11) is 0. The first kappa shape index (κ1) is 10.8. The highest BCUT2D eigenvalue weighted by Gasteiger charge is 2.34. The van der Waals surface area contributed by atoms with E-state index in [1.54, 1.807) is 0 Å². The van der Waals surface area contributed by atoms with Gasteiger partial charge >= 0.3 is 0 Å². The largest absolute Gasteiger partial charge is 0.366 e. The fraction of sp³-hybridized carbons (Fsp3) is 0.667. The summed E-state index contributed by atoms with van der Waals surface area (Å²) < 4.78 is 0. The van der Waals surface area contributed by atoms with Crippen molar-refractivity contribution in [3.63, 3.8) is 0 Å².